The molecule has 0 aliphatic rings. The van der Waals surface area contributed by atoms with Crippen molar-refractivity contribution in [1.29, 1.82) is 0 Å². The molecule has 3 rings (SSSR count). The maximum atomic E-state index is 3.65. The molecule has 0 spiro atoms. The Morgan fingerprint density at radius 1 is 0.577 bits per heavy atom. The molecule has 26 heavy (non-hydrogen) atoms. The van der Waals surface area contributed by atoms with Crippen LogP contribution in [0, 0.1) is 13.8 Å². The van der Waals surface area contributed by atoms with Crippen molar-refractivity contribution >= 4 is 11.4 Å². The zero-order valence-electron chi connectivity index (χ0n) is 16.1. The van der Waals surface area contributed by atoms with E-state index in [4.69, 9.17) is 0 Å². The van der Waals surface area contributed by atoms with Gasteiger partial charge in [-0.1, -0.05) is 60.7 Å². The summed E-state index contributed by atoms with van der Waals surface area (Å²) in [7, 11) is 0. The van der Waals surface area contributed by atoms with Crippen molar-refractivity contribution in [2.75, 3.05) is 10.6 Å². The Kier molecular flexibility index (Phi) is 5.62. The molecule has 0 fully saturated rings. The Bertz CT molecular complexity index is 768. The zero-order chi connectivity index (χ0) is 18.5. The van der Waals surface area contributed by atoms with E-state index in [0.29, 0.717) is 0 Å². The van der Waals surface area contributed by atoms with Gasteiger partial charge in [-0.2, -0.15) is 0 Å². The summed E-state index contributed by atoms with van der Waals surface area (Å²) in [4.78, 5) is 0. The molecule has 0 aromatic heterocycles. The van der Waals surface area contributed by atoms with E-state index >= 15 is 0 Å². The minimum atomic E-state index is 0.274. The van der Waals surface area contributed by atoms with E-state index in [1.807, 2.05) is 0 Å². The number of benzene rings is 3. The molecule has 134 valence electrons. The van der Waals surface area contributed by atoms with Crippen LogP contribution >= 0.6 is 0 Å². The normalized spacial score (nSPS) is 13.1. The first-order valence-corrected chi connectivity index (χ1v) is 9.29. The van der Waals surface area contributed by atoms with Gasteiger partial charge in [-0.25, -0.2) is 0 Å². The lowest BCUT2D eigenvalue weighted by molar-refractivity contribution is 0.876. The summed E-state index contributed by atoms with van der Waals surface area (Å²) < 4.78 is 0. The molecule has 2 nitrogen and oxygen atoms in total. The second-order valence-corrected chi connectivity index (χ2v) is 7.04. The van der Waals surface area contributed by atoms with Crippen LogP contribution in [0.4, 0.5) is 11.4 Å². The topological polar surface area (TPSA) is 24.1 Å². The van der Waals surface area contributed by atoms with Crippen molar-refractivity contribution in [2.45, 2.75) is 39.8 Å². The summed E-state index contributed by atoms with van der Waals surface area (Å²) in [5.41, 5.74) is 7.48. The van der Waals surface area contributed by atoms with Gasteiger partial charge in [0, 0.05) is 23.5 Å². The molecule has 3 aromatic rings. The van der Waals surface area contributed by atoms with Crippen LogP contribution in [-0.2, 0) is 0 Å². The Morgan fingerprint density at radius 3 is 1.27 bits per heavy atom. The van der Waals surface area contributed by atoms with Crippen molar-refractivity contribution in [3.05, 3.63) is 95.1 Å². The van der Waals surface area contributed by atoms with E-state index in [1.165, 1.54) is 33.6 Å². The Morgan fingerprint density at radius 2 is 0.923 bits per heavy atom. The standard InChI is InChI=1S/C24H28N2/c1-17-15-24(26-20(4)22-13-9-6-10-14-22)18(2)16-23(17)25-19(3)21-11-7-5-8-12-21/h5-16,19-20,25-26H,1-4H3/t19-,20-/m0/s1. The molecule has 0 radical (unpaired) electrons. The molecule has 0 aliphatic carbocycles. The lowest BCUT2D eigenvalue weighted by Gasteiger charge is -2.22. The minimum absolute atomic E-state index is 0.274. The molecule has 2 heteroatoms. The first-order valence-electron chi connectivity index (χ1n) is 9.29. The molecule has 0 saturated carbocycles. The van der Waals surface area contributed by atoms with Crippen LogP contribution in [0.15, 0.2) is 72.8 Å². The van der Waals surface area contributed by atoms with Crippen molar-refractivity contribution < 1.29 is 0 Å². The fourth-order valence-corrected chi connectivity index (χ4v) is 3.24. The molecule has 0 unspecified atom stereocenters. The highest BCUT2D eigenvalue weighted by Gasteiger charge is 2.11. The van der Waals surface area contributed by atoms with Gasteiger partial charge in [-0.3, -0.25) is 0 Å². The number of anilines is 2. The third kappa shape index (κ3) is 4.26. The van der Waals surface area contributed by atoms with Crippen LogP contribution in [-0.4, -0.2) is 0 Å². The van der Waals surface area contributed by atoms with Gasteiger partial charge in [-0.05, 0) is 62.1 Å². The molecule has 0 amide bonds. The molecule has 2 N–H and O–H groups in total. The largest absolute Gasteiger partial charge is 0.378 e. The van der Waals surface area contributed by atoms with Gasteiger partial charge in [-0.15, -0.1) is 0 Å². The first-order chi connectivity index (χ1) is 12.5. The molecular formula is C24H28N2. The van der Waals surface area contributed by atoms with Crippen LogP contribution in [0.1, 0.15) is 48.2 Å². The van der Waals surface area contributed by atoms with Crippen LogP contribution in [0.2, 0.25) is 0 Å². The van der Waals surface area contributed by atoms with E-state index in [-0.39, 0.29) is 12.1 Å². The predicted molar refractivity (Wildman–Crippen MR) is 113 cm³/mol. The Labute approximate surface area is 157 Å². The number of hydrogen-bond donors (Lipinski definition) is 2. The predicted octanol–water partition coefficient (Wildman–Crippen LogP) is 6.65. The van der Waals surface area contributed by atoms with E-state index < -0.39 is 0 Å². The summed E-state index contributed by atoms with van der Waals surface area (Å²) >= 11 is 0. The van der Waals surface area contributed by atoms with Crippen LogP contribution in [0.3, 0.4) is 0 Å². The third-order valence-corrected chi connectivity index (χ3v) is 4.91. The highest BCUT2D eigenvalue weighted by molar-refractivity contribution is 5.64. The zero-order valence-corrected chi connectivity index (χ0v) is 16.1. The van der Waals surface area contributed by atoms with Crippen LogP contribution in [0.25, 0.3) is 0 Å². The molecule has 0 bridgehead atoms. The fraction of sp³-hybridized carbons (Fsp3) is 0.250. The molecular weight excluding hydrogens is 316 g/mol. The van der Waals surface area contributed by atoms with E-state index in [2.05, 4.69) is 111 Å². The van der Waals surface area contributed by atoms with Gasteiger partial charge >= 0.3 is 0 Å². The molecule has 0 saturated heterocycles. The molecule has 0 heterocycles. The minimum Gasteiger partial charge on any atom is -0.378 e. The second-order valence-electron chi connectivity index (χ2n) is 7.04. The number of aryl methyl sites for hydroxylation is 2. The number of rotatable bonds is 6. The van der Waals surface area contributed by atoms with Gasteiger partial charge < -0.3 is 10.6 Å². The van der Waals surface area contributed by atoms with Gasteiger partial charge in [0.15, 0.2) is 0 Å². The average Bonchev–Trinajstić information content (AvgIpc) is 2.67. The lowest BCUT2D eigenvalue weighted by atomic mass is 10.0. The molecule has 0 aliphatic heterocycles. The summed E-state index contributed by atoms with van der Waals surface area (Å²) in [6, 6.07) is 26.2. The van der Waals surface area contributed by atoms with Crippen LogP contribution in [0.5, 0.6) is 0 Å². The maximum absolute atomic E-state index is 3.65. The Balaban J connectivity index is 1.76. The monoisotopic (exact) mass is 344 g/mol. The van der Waals surface area contributed by atoms with Gasteiger partial charge in [0.2, 0.25) is 0 Å². The Hall–Kier alpha value is -2.74. The smallest absolute Gasteiger partial charge is 0.0485 e. The van der Waals surface area contributed by atoms with Gasteiger partial charge in [0.25, 0.3) is 0 Å². The highest BCUT2D eigenvalue weighted by Crippen LogP contribution is 2.29. The number of hydrogen-bond acceptors (Lipinski definition) is 2. The van der Waals surface area contributed by atoms with Crippen molar-refractivity contribution in [1.82, 2.24) is 0 Å². The van der Waals surface area contributed by atoms with Crippen LogP contribution < -0.4 is 10.6 Å². The summed E-state index contributed by atoms with van der Waals surface area (Å²) in [6.45, 7) is 8.73. The first kappa shape index (κ1) is 18.1. The summed E-state index contributed by atoms with van der Waals surface area (Å²) in [5.74, 6) is 0. The third-order valence-electron chi connectivity index (χ3n) is 4.91. The number of nitrogens with one attached hydrogen (secondary N) is 2. The van der Waals surface area contributed by atoms with Crippen molar-refractivity contribution in [3.63, 3.8) is 0 Å². The van der Waals surface area contributed by atoms with Crippen molar-refractivity contribution in [2.24, 2.45) is 0 Å². The van der Waals surface area contributed by atoms with E-state index in [1.54, 1.807) is 0 Å². The fourth-order valence-electron chi connectivity index (χ4n) is 3.24. The van der Waals surface area contributed by atoms with Gasteiger partial charge in [0.05, 0.1) is 0 Å². The van der Waals surface area contributed by atoms with E-state index in [0.717, 1.165) is 0 Å². The quantitative estimate of drug-likeness (QED) is 0.523. The van der Waals surface area contributed by atoms with Crippen molar-refractivity contribution in [3.8, 4) is 0 Å². The van der Waals surface area contributed by atoms with E-state index in [9.17, 15) is 0 Å². The lowest BCUT2D eigenvalue weighted by Crippen LogP contribution is -2.10. The average molecular weight is 345 g/mol. The SMILES string of the molecule is Cc1cc(N[C@@H](C)c2ccccc2)c(C)cc1N[C@@H](C)c1ccccc1. The highest BCUT2D eigenvalue weighted by atomic mass is 14.9. The second kappa shape index (κ2) is 8.09. The summed E-state index contributed by atoms with van der Waals surface area (Å²) in [6.07, 6.45) is 0. The summed E-state index contributed by atoms with van der Waals surface area (Å²) in [5, 5.41) is 7.30. The maximum Gasteiger partial charge on any atom is 0.0485 e. The van der Waals surface area contributed by atoms with Gasteiger partial charge in [0.1, 0.15) is 0 Å². The molecule has 3 aromatic carbocycles. The molecule has 2 atom stereocenters.